The van der Waals surface area contributed by atoms with Crippen molar-refractivity contribution in [1.29, 1.82) is 0 Å². The molecule has 0 aromatic carbocycles. The van der Waals surface area contributed by atoms with E-state index in [1.165, 1.54) is 10.4 Å². The van der Waals surface area contributed by atoms with Gasteiger partial charge >= 0.3 is 6.09 Å². The first-order chi connectivity index (χ1) is 16.3. The zero-order valence-corrected chi connectivity index (χ0v) is 21.7. The Bertz CT molecular complexity index is 1070. The second-order valence-electron chi connectivity index (χ2n) is 10.1. The first-order valence-electron chi connectivity index (χ1n) is 12.1. The van der Waals surface area contributed by atoms with Gasteiger partial charge in [-0.15, -0.1) is 17.3 Å². The molecule has 4 rings (SSSR count). The van der Waals surface area contributed by atoms with E-state index in [-0.39, 0.29) is 18.2 Å². The normalized spacial score (nSPS) is 22.1. The van der Waals surface area contributed by atoms with Crippen LogP contribution in [0.3, 0.4) is 0 Å². The Labute approximate surface area is 206 Å². The van der Waals surface area contributed by atoms with Crippen LogP contribution in [0.5, 0.6) is 5.88 Å². The molecule has 8 heteroatoms. The van der Waals surface area contributed by atoms with Crippen LogP contribution in [0.1, 0.15) is 76.2 Å². The molecule has 1 saturated carbocycles. The van der Waals surface area contributed by atoms with Crippen molar-refractivity contribution in [2.75, 3.05) is 20.3 Å². The number of aromatic nitrogens is 2. The molecule has 184 valence electrons. The van der Waals surface area contributed by atoms with Gasteiger partial charge in [0.25, 0.3) is 0 Å². The van der Waals surface area contributed by atoms with E-state index in [1.807, 2.05) is 34.7 Å². The van der Waals surface area contributed by atoms with E-state index in [0.29, 0.717) is 25.0 Å². The van der Waals surface area contributed by atoms with Gasteiger partial charge in [-0.2, -0.15) is 0 Å². The third-order valence-corrected chi connectivity index (χ3v) is 7.69. The van der Waals surface area contributed by atoms with Gasteiger partial charge in [0.15, 0.2) is 0 Å². The summed E-state index contributed by atoms with van der Waals surface area (Å²) in [7, 11) is 1.83. The standard InChI is InChI=1S/C26H35N3O4S/c1-6-7-14-31-15-17-8-13-20-21(17)22-23(27-16-28-24(22)34-20)32-19-11-9-18(10-12-19)29(5)25(30)33-26(2,3)4/h16-19H,8-15H2,1-5H3/t17-,18?,19?/m1/s1. The van der Waals surface area contributed by atoms with Gasteiger partial charge < -0.3 is 19.1 Å². The first-order valence-corrected chi connectivity index (χ1v) is 12.9. The maximum atomic E-state index is 12.4. The van der Waals surface area contributed by atoms with Crippen LogP contribution in [0.15, 0.2) is 6.33 Å². The van der Waals surface area contributed by atoms with Crippen LogP contribution in [-0.4, -0.2) is 59.0 Å². The first kappa shape index (κ1) is 24.7. The molecule has 0 saturated heterocycles. The topological polar surface area (TPSA) is 73.8 Å². The summed E-state index contributed by atoms with van der Waals surface area (Å²) in [5, 5.41) is 1.06. The van der Waals surface area contributed by atoms with E-state index < -0.39 is 5.60 Å². The van der Waals surface area contributed by atoms with Crippen LogP contribution in [-0.2, 0) is 15.9 Å². The van der Waals surface area contributed by atoms with Gasteiger partial charge in [0.1, 0.15) is 29.5 Å². The quantitative estimate of drug-likeness (QED) is 0.407. The van der Waals surface area contributed by atoms with Crippen molar-refractivity contribution in [3.05, 3.63) is 16.8 Å². The highest BCUT2D eigenvalue weighted by Crippen LogP contribution is 2.46. The van der Waals surface area contributed by atoms with Crippen molar-refractivity contribution >= 4 is 27.6 Å². The number of ether oxygens (including phenoxy) is 3. The molecular weight excluding hydrogens is 450 g/mol. The number of rotatable bonds is 6. The largest absolute Gasteiger partial charge is 0.474 e. The Hall–Kier alpha value is -2.37. The molecule has 0 aliphatic heterocycles. The van der Waals surface area contributed by atoms with Crippen molar-refractivity contribution in [1.82, 2.24) is 14.9 Å². The maximum Gasteiger partial charge on any atom is 0.410 e. The Morgan fingerprint density at radius 1 is 1.21 bits per heavy atom. The van der Waals surface area contributed by atoms with Crippen LogP contribution in [0.4, 0.5) is 4.79 Å². The number of fused-ring (bicyclic) bond motifs is 3. The number of hydrogen-bond acceptors (Lipinski definition) is 7. The smallest absolute Gasteiger partial charge is 0.410 e. The van der Waals surface area contributed by atoms with Crippen molar-refractivity contribution in [3.63, 3.8) is 0 Å². The van der Waals surface area contributed by atoms with Crippen LogP contribution < -0.4 is 4.74 Å². The molecule has 2 aliphatic carbocycles. The van der Waals surface area contributed by atoms with Crippen molar-refractivity contribution in [2.24, 2.45) is 0 Å². The van der Waals surface area contributed by atoms with E-state index in [0.717, 1.165) is 48.7 Å². The van der Waals surface area contributed by atoms with Crippen molar-refractivity contribution in [3.8, 4) is 17.7 Å². The molecule has 34 heavy (non-hydrogen) atoms. The predicted molar refractivity (Wildman–Crippen MR) is 133 cm³/mol. The molecule has 1 atom stereocenters. The fraction of sp³-hybridized carbons (Fsp3) is 0.654. The molecule has 1 amide bonds. The number of aryl methyl sites for hydroxylation is 1. The van der Waals surface area contributed by atoms with E-state index in [9.17, 15) is 4.79 Å². The summed E-state index contributed by atoms with van der Waals surface area (Å²) >= 11 is 1.75. The maximum absolute atomic E-state index is 12.4. The highest BCUT2D eigenvalue weighted by Gasteiger charge is 2.33. The molecule has 2 aromatic heterocycles. The summed E-state index contributed by atoms with van der Waals surface area (Å²) in [5.41, 5.74) is 0.815. The van der Waals surface area contributed by atoms with Gasteiger partial charge in [-0.25, -0.2) is 14.8 Å². The van der Waals surface area contributed by atoms with E-state index in [1.54, 1.807) is 22.6 Å². The van der Waals surface area contributed by atoms with Crippen molar-refractivity contribution < 1.29 is 19.0 Å². The minimum Gasteiger partial charge on any atom is -0.474 e. The molecule has 0 radical (unpaired) electrons. The molecule has 0 bridgehead atoms. The molecule has 7 nitrogen and oxygen atoms in total. The number of amides is 1. The Morgan fingerprint density at radius 3 is 2.68 bits per heavy atom. The zero-order chi connectivity index (χ0) is 24.3. The fourth-order valence-corrected chi connectivity index (χ4v) is 6.04. The lowest BCUT2D eigenvalue weighted by molar-refractivity contribution is 0.0137. The van der Waals surface area contributed by atoms with Gasteiger partial charge in [0.05, 0.1) is 12.0 Å². The summed E-state index contributed by atoms with van der Waals surface area (Å²) in [4.78, 5) is 25.6. The summed E-state index contributed by atoms with van der Waals surface area (Å²) in [6.45, 7) is 8.62. The fourth-order valence-electron chi connectivity index (χ4n) is 4.81. The average Bonchev–Trinajstić information content (AvgIpc) is 3.35. The minimum atomic E-state index is -0.489. The third-order valence-electron chi connectivity index (χ3n) is 6.52. The monoisotopic (exact) mass is 485 g/mol. The number of carbonyl (C=O) groups excluding carboxylic acids is 1. The molecule has 0 N–H and O–H groups in total. The Kier molecular flexibility index (Phi) is 7.63. The van der Waals surface area contributed by atoms with Crippen LogP contribution in [0.2, 0.25) is 0 Å². The Morgan fingerprint density at radius 2 is 1.97 bits per heavy atom. The molecule has 1 fully saturated rings. The Balaban J connectivity index is 1.42. The lowest BCUT2D eigenvalue weighted by Gasteiger charge is -2.35. The average molecular weight is 486 g/mol. The SMILES string of the molecule is CC#CCOC[C@H]1CCc2sc3ncnc(OC4CCC(N(C)C(=O)OC(C)(C)C)CC4)c3c21. The summed E-state index contributed by atoms with van der Waals surface area (Å²) in [5.74, 6) is 6.86. The van der Waals surface area contributed by atoms with Gasteiger partial charge in [-0.05, 0) is 71.8 Å². The highest BCUT2D eigenvalue weighted by molar-refractivity contribution is 7.19. The second-order valence-corrected chi connectivity index (χ2v) is 11.2. The van der Waals surface area contributed by atoms with Gasteiger partial charge in [0, 0.05) is 23.9 Å². The lowest BCUT2D eigenvalue weighted by Crippen LogP contribution is -2.43. The van der Waals surface area contributed by atoms with Gasteiger partial charge in [-0.1, -0.05) is 5.92 Å². The molecule has 2 aromatic rings. The second kappa shape index (κ2) is 10.5. The highest BCUT2D eigenvalue weighted by atomic mass is 32.1. The van der Waals surface area contributed by atoms with Crippen molar-refractivity contribution in [2.45, 2.75) is 89.9 Å². The molecule has 0 unspecified atom stereocenters. The lowest BCUT2D eigenvalue weighted by atomic mass is 9.92. The van der Waals surface area contributed by atoms with Crippen LogP contribution in [0.25, 0.3) is 10.2 Å². The molecule has 2 heterocycles. The van der Waals surface area contributed by atoms with Gasteiger partial charge in [-0.3, -0.25) is 0 Å². The molecule has 0 spiro atoms. The molecular formula is C26H35N3O4S. The predicted octanol–water partition coefficient (Wildman–Crippen LogP) is 5.32. The number of carbonyl (C=O) groups is 1. The van der Waals surface area contributed by atoms with Gasteiger partial charge in [0.2, 0.25) is 5.88 Å². The van der Waals surface area contributed by atoms with Crippen LogP contribution in [0, 0.1) is 11.8 Å². The van der Waals surface area contributed by atoms with E-state index >= 15 is 0 Å². The number of thiophene rings is 1. The minimum absolute atomic E-state index is 0.0767. The summed E-state index contributed by atoms with van der Waals surface area (Å²) in [6.07, 6.45) is 7.05. The third kappa shape index (κ3) is 5.64. The summed E-state index contributed by atoms with van der Waals surface area (Å²) in [6, 6.07) is 0.165. The number of nitrogens with zero attached hydrogens (tertiary/aromatic N) is 3. The zero-order valence-electron chi connectivity index (χ0n) is 20.8. The van der Waals surface area contributed by atoms with Crippen LogP contribution >= 0.6 is 11.3 Å². The number of hydrogen-bond donors (Lipinski definition) is 0. The van der Waals surface area contributed by atoms with E-state index in [2.05, 4.69) is 21.8 Å². The summed E-state index contributed by atoms with van der Waals surface area (Å²) < 4.78 is 17.8. The molecule has 2 aliphatic rings. The van der Waals surface area contributed by atoms with E-state index in [4.69, 9.17) is 14.2 Å².